The van der Waals surface area contributed by atoms with Crippen LogP contribution in [0.25, 0.3) is 0 Å². The normalized spacial score (nSPS) is 10.6. The van der Waals surface area contributed by atoms with Gasteiger partial charge in [-0.2, -0.15) is 0 Å². The van der Waals surface area contributed by atoms with Crippen LogP contribution < -0.4 is 5.69 Å². The zero-order valence-corrected chi connectivity index (χ0v) is 10.7. The fraction of sp³-hybridized carbons (Fsp3) is 0.231. The Bertz CT molecular complexity index is 611. The molecule has 0 saturated carbocycles. The second kappa shape index (κ2) is 5.23. The van der Waals surface area contributed by atoms with Crippen LogP contribution in [0, 0.1) is 0 Å². The van der Waals surface area contributed by atoms with E-state index >= 15 is 0 Å². The van der Waals surface area contributed by atoms with Crippen molar-refractivity contribution in [1.82, 2.24) is 9.13 Å². The Balaban J connectivity index is 2.18. The highest BCUT2D eigenvalue weighted by atomic mass is 35.5. The number of Topliss-reactive ketones (excluding diaryl/α,β-unsaturated/α-hetero) is 1. The maximum Gasteiger partial charge on any atom is 0.328 e. The van der Waals surface area contributed by atoms with Crippen molar-refractivity contribution in [3.05, 3.63) is 57.7 Å². The van der Waals surface area contributed by atoms with Gasteiger partial charge in [0.2, 0.25) is 0 Å². The second-order valence-corrected chi connectivity index (χ2v) is 4.36. The number of carbonyl (C=O) groups excluding carboxylic acids is 1. The minimum Gasteiger partial charge on any atom is -0.300 e. The molecule has 18 heavy (non-hydrogen) atoms. The van der Waals surface area contributed by atoms with Crippen LogP contribution in [0.3, 0.4) is 0 Å². The molecular weight excluding hydrogens is 252 g/mol. The number of aromatic nitrogens is 2. The molecule has 0 aliphatic rings. The maximum absolute atomic E-state index is 12.0. The SMILES string of the molecule is CCn1ccn(CC(=O)c2ccc(Cl)cc2)c1=O. The zero-order valence-electron chi connectivity index (χ0n) is 9.97. The summed E-state index contributed by atoms with van der Waals surface area (Å²) >= 11 is 5.75. The van der Waals surface area contributed by atoms with E-state index in [0.29, 0.717) is 17.1 Å². The molecule has 2 rings (SSSR count). The van der Waals surface area contributed by atoms with Crippen LogP contribution in [-0.2, 0) is 13.1 Å². The Kier molecular flexibility index (Phi) is 3.67. The summed E-state index contributed by atoms with van der Waals surface area (Å²) in [4.78, 5) is 23.7. The third-order valence-corrected chi connectivity index (χ3v) is 2.99. The molecule has 1 aromatic carbocycles. The largest absolute Gasteiger partial charge is 0.328 e. The van der Waals surface area contributed by atoms with Gasteiger partial charge in [0.1, 0.15) is 0 Å². The number of halogens is 1. The van der Waals surface area contributed by atoms with Crippen molar-refractivity contribution in [2.45, 2.75) is 20.0 Å². The lowest BCUT2D eigenvalue weighted by Crippen LogP contribution is -2.26. The number of hydrogen-bond donors (Lipinski definition) is 0. The Labute approximate surface area is 109 Å². The highest BCUT2D eigenvalue weighted by Crippen LogP contribution is 2.10. The highest BCUT2D eigenvalue weighted by molar-refractivity contribution is 6.30. The minimum absolute atomic E-state index is 0.0491. The van der Waals surface area contributed by atoms with E-state index in [9.17, 15) is 9.59 Å². The molecule has 0 radical (unpaired) electrons. The number of ketones is 1. The number of hydrogen-bond acceptors (Lipinski definition) is 2. The lowest BCUT2D eigenvalue weighted by atomic mass is 10.1. The molecule has 0 bridgehead atoms. The smallest absolute Gasteiger partial charge is 0.300 e. The summed E-state index contributed by atoms with van der Waals surface area (Å²) in [5.74, 6) is -0.109. The first kappa shape index (κ1) is 12.6. The number of aryl methyl sites for hydroxylation is 1. The van der Waals surface area contributed by atoms with E-state index in [0.717, 1.165) is 0 Å². The van der Waals surface area contributed by atoms with Gasteiger partial charge in [0, 0.05) is 29.5 Å². The predicted molar refractivity (Wildman–Crippen MR) is 70.1 cm³/mol. The van der Waals surface area contributed by atoms with Gasteiger partial charge in [-0.05, 0) is 31.2 Å². The van der Waals surface area contributed by atoms with Gasteiger partial charge in [-0.1, -0.05) is 11.6 Å². The fourth-order valence-corrected chi connectivity index (χ4v) is 1.82. The van der Waals surface area contributed by atoms with Gasteiger partial charge in [0.25, 0.3) is 0 Å². The van der Waals surface area contributed by atoms with E-state index in [1.54, 1.807) is 41.2 Å². The van der Waals surface area contributed by atoms with Crippen molar-refractivity contribution in [3.8, 4) is 0 Å². The molecular formula is C13H13ClN2O2. The summed E-state index contributed by atoms with van der Waals surface area (Å²) in [7, 11) is 0. The lowest BCUT2D eigenvalue weighted by molar-refractivity contribution is 0.0970. The molecule has 94 valence electrons. The Morgan fingerprint density at radius 3 is 2.33 bits per heavy atom. The third-order valence-electron chi connectivity index (χ3n) is 2.74. The van der Waals surface area contributed by atoms with Gasteiger partial charge in [-0.3, -0.25) is 13.9 Å². The summed E-state index contributed by atoms with van der Waals surface area (Å²) in [6.45, 7) is 2.53. The van der Waals surface area contributed by atoms with Crippen LogP contribution >= 0.6 is 11.6 Å². The molecule has 0 fully saturated rings. The monoisotopic (exact) mass is 264 g/mol. The Morgan fingerprint density at radius 2 is 1.78 bits per heavy atom. The summed E-state index contributed by atoms with van der Waals surface area (Å²) in [5, 5.41) is 0.584. The van der Waals surface area contributed by atoms with Crippen molar-refractivity contribution >= 4 is 17.4 Å². The minimum atomic E-state index is -0.167. The molecule has 0 amide bonds. The van der Waals surface area contributed by atoms with Crippen LogP contribution in [0.15, 0.2) is 41.5 Å². The van der Waals surface area contributed by atoms with E-state index in [2.05, 4.69) is 0 Å². The highest BCUT2D eigenvalue weighted by Gasteiger charge is 2.09. The van der Waals surface area contributed by atoms with E-state index in [1.807, 2.05) is 6.92 Å². The van der Waals surface area contributed by atoms with Crippen LogP contribution in [0.4, 0.5) is 0 Å². The summed E-state index contributed by atoms with van der Waals surface area (Å²) in [6, 6.07) is 6.64. The summed E-state index contributed by atoms with van der Waals surface area (Å²) in [5.41, 5.74) is 0.385. The third kappa shape index (κ3) is 2.54. The number of rotatable bonds is 4. The van der Waals surface area contributed by atoms with E-state index in [4.69, 9.17) is 11.6 Å². The molecule has 0 aliphatic heterocycles. The second-order valence-electron chi connectivity index (χ2n) is 3.92. The molecule has 0 unspecified atom stereocenters. The molecule has 1 aromatic heterocycles. The van der Waals surface area contributed by atoms with Crippen LogP contribution in [0.1, 0.15) is 17.3 Å². The fourth-order valence-electron chi connectivity index (χ4n) is 1.70. The van der Waals surface area contributed by atoms with Gasteiger partial charge in [0.15, 0.2) is 5.78 Å². The van der Waals surface area contributed by atoms with Gasteiger partial charge in [0.05, 0.1) is 6.54 Å². The molecule has 5 heteroatoms. The summed E-state index contributed by atoms with van der Waals surface area (Å²) in [6.07, 6.45) is 3.30. The number of nitrogens with zero attached hydrogens (tertiary/aromatic N) is 2. The molecule has 4 nitrogen and oxygen atoms in total. The topological polar surface area (TPSA) is 44.0 Å². The average molecular weight is 265 g/mol. The van der Waals surface area contributed by atoms with Crippen molar-refractivity contribution in [2.75, 3.05) is 0 Å². The molecule has 0 spiro atoms. The Hall–Kier alpha value is -1.81. The molecule has 0 N–H and O–H groups in total. The number of benzene rings is 1. The van der Waals surface area contributed by atoms with Gasteiger partial charge in [-0.15, -0.1) is 0 Å². The van der Waals surface area contributed by atoms with Crippen molar-refractivity contribution in [3.63, 3.8) is 0 Å². The molecule has 0 aliphatic carbocycles. The van der Waals surface area contributed by atoms with E-state index < -0.39 is 0 Å². The van der Waals surface area contributed by atoms with Crippen LogP contribution in [-0.4, -0.2) is 14.9 Å². The van der Waals surface area contributed by atoms with Crippen molar-refractivity contribution in [2.24, 2.45) is 0 Å². The van der Waals surface area contributed by atoms with Gasteiger partial charge in [-0.25, -0.2) is 4.79 Å². The standard InChI is InChI=1S/C13H13ClN2O2/c1-2-15-7-8-16(13(15)18)9-12(17)10-3-5-11(14)6-4-10/h3-8H,2,9H2,1H3. The van der Waals surface area contributed by atoms with Crippen molar-refractivity contribution in [1.29, 1.82) is 0 Å². The lowest BCUT2D eigenvalue weighted by Gasteiger charge is -2.02. The summed E-state index contributed by atoms with van der Waals surface area (Å²) < 4.78 is 2.95. The van der Waals surface area contributed by atoms with E-state index in [1.165, 1.54) is 4.57 Å². The zero-order chi connectivity index (χ0) is 13.1. The number of imidazole rings is 1. The molecule has 0 atom stereocenters. The van der Waals surface area contributed by atoms with Crippen LogP contribution in [0.2, 0.25) is 5.02 Å². The first-order valence-electron chi connectivity index (χ1n) is 5.66. The Morgan fingerprint density at radius 1 is 1.17 bits per heavy atom. The first-order chi connectivity index (χ1) is 8.61. The molecule has 0 saturated heterocycles. The predicted octanol–water partition coefficient (Wildman–Crippen LogP) is 2.21. The van der Waals surface area contributed by atoms with E-state index in [-0.39, 0.29) is 18.0 Å². The van der Waals surface area contributed by atoms with Crippen LogP contribution in [0.5, 0.6) is 0 Å². The van der Waals surface area contributed by atoms with Crippen molar-refractivity contribution < 1.29 is 4.79 Å². The van der Waals surface area contributed by atoms with Gasteiger partial charge < -0.3 is 0 Å². The van der Waals surface area contributed by atoms with Gasteiger partial charge >= 0.3 is 5.69 Å². The maximum atomic E-state index is 12.0. The average Bonchev–Trinajstić information content (AvgIpc) is 2.71. The first-order valence-corrected chi connectivity index (χ1v) is 6.04. The quantitative estimate of drug-likeness (QED) is 0.795. The molecule has 1 heterocycles. The molecule has 2 aromatic rings. The number of carbonyl (C=O) groups is 1.